The van der Waals surface area contributed by atoms with Crippen LogP contribution < -0.4 is 4.57 Å². The van der Waals surface area contributed by atoms with E-state index in [0.29, 0.717) is 0 Å². The fourth-order valence-corrected chi connectivity index (χ4v) is 3.27. The van der Waals surface area contributed by atoms with Gasteiger partial charge >= 0.3 is 0 Å². The van der Waals surface area contributed by atoms with E-state index >= 15 is 0 Å². The Morgan fingerprint density at radius 1 is 0.792 bits per heavy atom. The zero-order chi connectivity index (χ0) is 17.3. The molecule has 0 atom stereocenters. The van der Waals surface area contributed by atoms with E-state index in [-0.39, 0.29) is 5.41 Å². The molecular formula is C23H26N+. The van der Waals surface area contributed by atoms with Crippen molar-refractivity contribution in [2.45, 2.75) is 33.1 Å². The van der Waals surface area contributed by atoms with E-state index < -0.39 is 0 Å². The summed E-state index contributed by atoms with van der Waals surface area (Å²) < 4.78 is 2.20. The van der Waals surface area contributed by atoms with Crippen molar-refractivity contribution in [3.8, 4) is 22.4 Å². The normalized spacial score (nSPS) is 11.5. The summed E-state index contributed by atoms with van der Waals surface area (Å²) in [5.74, 6) is 0. The van der Waals surface area contributed by atoms with Crippen molar-refractivity contribution in [2.75, 3.05) is 0 Å². The number of aryl methyl sites for hydroxylation is 2. The van der Waals surface area contributed by atoms with Gasteiger partial charge in [0.2, 0.25) is 5.69 Å². The third-order valence-corrected chi connectivity index (χ3v) is 4.59. The largest absolute Gasteiger partial charge is 0.212 e. The van der Waals surface area contributed by atoms with Crippen molar-refractivity contribution >= 4 is 0 Å². The smallest absolute Gasteiger partial charge is 0.201 e. The molecule has 0 unspecified atom stereocenters. The topological polar surface area (TPSA) is 3.88 Å². The van der Waals surface area contributed by atoms with E-state index in [4.69, 9.17) is 0 Å². The first kappa shape index (κ1) is 16.4. The second-order valence-electron chi connectivity index (χ2n) is 7.53. The summed E-state index contributed by atoms with van der Waals surface area (Å²) >= 11 is 0. The van der Waals surface area contributed by atoms with E-state index in [9.17, 15) is 0 Å². The van der Waals surface area contributed by atoms with Gasteiger partial charge in [-0.3, -0.25) is 0 Å². The lowest BCUT2D eigenvalue weighted by atomic mass is 9.80. The first-order valence-corrected chi connectivity index (χ1v) is 8.53. The van der Waals surface area contributed by atoms with Gasteiger partial charge in [-0.05, 0) is 52.8 Å². The standard InChI is InChI=1S/C23H26N/c1-17-15-20(22-13-9-10-14-24(22)5)21(23(2,3)4)16-19(17)18-11-7-6-8-12-18/h6-16H,1-5H3/q+1. The van der Waals surface area contributed by atoms with E-state index in [1.807, 2.05) is 0 Å². The maximum absolute atomic E-state index is 2.38. The lowest BCUT2D eigenvalue weighted by Gasteiger charge is -2.24. The third-order valence-electron chi connectivity index (χ3n) is 4.59. The molecule has 24 heavy (non-hydrogen) atoms. The van der Waals surface area contributed by atoms with Crippen LogP contribution >= 0.6 is 0 Å². The third kappa shape index (κ3) is 3.12. The SMILES string of the molecule is Cc1cc(-c2cccc[n+]2C)c(C(C)(C)C)cc1-c1ccccc1. The number of nitrogens with zero attached hydrogens (tertiary/aromatic N) is 1. The average Bonchev–Trinajstić information content (AvgIpc) is 2.55. The second kappa shape index (κ2) is 6.24. The Hall–Kier alpha value is -2.41. The van der Waals surface area contributed by atoms with Crippen LogP contribution in [0.1, 0.15) is 31.9 Å². The predicted octanol–water partition coefficient (Wildman–Crippen LogP) is 5.45. The molecule has 122 valence electrons. The molecule has 0 aliphatic carbocycles. The molecule has 3 aromatic rings. The highest BCUT2D eigenvalue weighted by Gasteiger charge is 2.24. The maximum atomic E-state index is 2.38. The van der Waals surface area contributed by atoms with Crippen molar-refractivity contribution in [3.63, 3.8) is 0 Å². The van der Waals surface area contributed by atoms with Gasteiger partial charge in [-0.25, -0.2) is 4.57 Å². The van der Waals surface area contributed by atoms with Crippen molar-refractivity contribution in [3.05, 3.63) is 78.0 Å². The fraction of sp³-hybridized carbons (Fsp3) is 0.261. The van der Waals surface area contributed by atoms with Gasteiger partial charge in [0.05, 0.1) is 5.56 Å². The van der Waals surface area contributed by atoms with Crippen molar-refractivity contribution in [1.82, 2.24) is 0 Å². The van der Waals surface area contributed by atoms with E-state index in [1.54, 1.807) is 0 Å². The van der Waals surface area contributed by atoms with Gasteiger partial charge in [-0.15, -0.1) is 0 Å². The second-order valence-corrected chi connectivity index (χ2v) is 7.53. The van der Waals surface area contributed by atoms with E-state index in [0.717, 1.165) is 0 Å². The first-order valence-electron chi connectivity index (χ1n) is 8.53. The molecule has 3 rings (SSSR count). The fourth-order valence-electron chi connectivity index (χ4n) is 3.27. The molecule has 2 aromatic carbocycles. The van der Waals surface area contributed by atoms with Crippen LogP contribution in [0.3, 0.4) is 0 Å². The first-order chi connectivity index (χ1) is 11.4. The molecule has 1 heterocycles. The summed E-state index contributed by atoms with van der Waals surface area (Å²) in [7, 11) is 2.11. The summed E-state index contributed by atoms with van der Waals surface area (Å²) in [6.45, 7) is 9.08. The molecule has 0 amide bonds. The minimum Gasteiger partial charge on any atom is -0.201 e. The average molecular weight is 316 g/mol. The quantitative estimate of drug-likeness (QED) is 0.553. The molecule has 0 aliphatic rings. The number of rotatable bonds is 2. The van der Waals surface area contributed by atoms with Crippen LogP contribution in [0.15, 0.2) is 66.9 Å². The van der Waals surface area contributed by atoms with Crippen LogP contribution in [0, 0.1) is 6.92 Å². The number of hydrogen-bond donors (Lipinski definition) is 0. The molecule has 0 radical (unpaired) electrons. The molecule has 0 saturated carbocycles. The van der Waals surface area contributed by atoms with Crippen LogP contribution in [0.5, 0.6) is 0 Å². The number of hydrogen-bond acceptors (Lipinski definition) is 0. The van der Waals surface area contributed by atoms with Gasteiger partial charge in [0.15, 0.2) is 6.20 Å². The van der Waals surface area contributed by atoms with Gasteiger partial charge in [-0.1, -0.05) is 51.1 Å². The van der Waals surface area contributed by atoms with E-state index in [2.05, 4.69) is 106 Å². The Bertz CT molecular complexity index is 855. The van der Waals surface area contributed by atoms with E-state index in [1.165, 1.54) is 33.5 Å². The lowest BCUT2D eigenvalue weighted by molar-refractivity contribution is -0.660. The minimum absolute atomic E-state index is 0.0788. The highest BCUT2D eigenvalue weighted by atomic mass is 14.9. The number of aromatic nitrogens is 1. The molecule has 0 fully saturated rings. The van der Waals surface area contributed by atoms with Gasteiger partial charge in [0, 0.05) is 12.1 Å². The summed E-state index contributed by atoms with van der Waals surface area (Å²) in [4.78, 5) is 0. The Kier molecular flexibility index (Phi) is 4.28. The van der Waals surface area contributed by atoms with Gasteiger partial charge < -0.3 is 0 Å². The van der Waals surface area contributed by atoms with Crippen molar-refractivity contribution in [1.29, 1.82) is 0 Å². The molecule has 0 spiro atoms. The zero-order valence-corrected chi connectivity index (χ0v) is 15.3. The van der Waals surface area contributed by atoms with Crippen molar-refractivity contribution < 1.29 is 4.57 Å². The Labute approximate surface area is 145 Å². The Balaban J connectivity index is 2.28. The Morgan fingerprint density at radius 2 is 1.46 bits per heavy atom. The van der Waals surface area contributed by atoms with Crippen LogP contribution in [0.25, 0.3) is 22.4 Å². The molecule has 0 aliphatic heterocycles. The maximum Gasteiger partial charge on any atom is 0.212 e. The molecule has 1 heteroatoms. The van der Waals surface area contributed by atoms with Gasteiger partial charge in [-0.2, -0.15) is 0 Å². The highest BCUT2D eigenvalue weighted by molar-refractivity contribution is 5.75. The Morgan fingerprint density at radius 3 is 2.08 bits per heavy atom. The van der Waals surface area contributed by atoms with Crippen LogP contribution in [-0.4, -0.2) is 0 Å². The zero-order valence-electron chi connectivity index (χ0n) is 15.3. The number of benzene rings is 2. The molecule has 0 N–H and O–H groups in total. The van der Waals surface area contributed by atoms with Crippen molar-refractivity contribution in [2.24, 2.45) is 7.05 Å². The van der Waals surface area contributed by atoms with Gasteiger partial charge in [0.25, 0.3) is 0 Å². The van der Waals surface area contributed by atoms with Crippen LogP contribution in [0.2, 0.25) is 0 Å². The molecule has 0 bridgehead atoms. The number of pyridine rings is 1. The molecular weight excluding hydrogens is 290 g/mol. The highest BCUT2D eigenvalue weighted by Crippen LogP contribution is 2.37. The molecule has 0 saturated heterocycles. The van der Waals surface area contributed by atoms with Crippen LogP contribution in [-0.2, 0) is 12.5 Å². The summed E-state index contributed by atoms with van der Waals surface area (Å²) in [6, 6.07) is 21.8. The molecule has 1 nitrogen and oxygen atoms in total. The monoisotopic (exact) mass is 316 g/mol. The van der Waals surface area contributed by atoms with Gasteiger partial charge in [0.1, 0.15) is 7.05 Å². The molecule has 1 aromatic heterocycles. The summed E-state index contributed by atoms with van der Waals surface area (Å²) in [6.07, 6.45) is 2.11. The summed E-state index contributed by atoms with van der Waals surface area (Å²) in [5, 5.41) is 0. The lowest BCUT2D eigenvalue weighted by Crippen LogP contribution is -2.31. The van der Waals surface area contributed by atoms with Crippen LogP contribution in [0.4, 0.5) is 0 Å². The predicted molar refractivity (Wildman–Crippen MR) is 102 cm³/mol. The minimum atomic E-state index is 0.0788. The summed E-state index contributed by atoms with van der Waals surface area (Å²) in [5.41, 5.74) is 7.96.